The Bertz CT molecular complexity index is 297. The summed E-state index contributed by atoms with van der Waals surface area (Å²) in [5.41, 5.74) is 6.49. The molecule has 0 aromatic heterocycles. The summed E-state index contributed by atoms with van der Waals surface area (Å²) >= 11 is 3.35. The molecule has 3 heteroatoms. The summed E-state index contributed by atoms with van der Waals surface area (Å²) in [6.07, 6.45) is 2.72. The first-order valence-corrected chi connectivity index (χ1v) is 4.77. The van der Waals surface area contributed by atoms with E-state index < -0.39 is 0 Å². The lowest BCUT2D eigenvalue weighted by Crippen LogP contribution is -1.99. The first-order chi connectivity index (χ1) is 5.77. The Labute approximate surface area is 79.8 Å². The standard InChI is InChI=1S/C9H10BrNO/c10-7-2-1-3-8(9(7)11)12-6-4-5-6/h1-3,6H,4-5,11H2. The quantitative estimate of drug-likeness (QED) is 0.789. The van der Waals surface area contributed by atoms with Gasteiger partial charge in [0.25, 0.3) is 0 Å². The molecule has 2 N–H and O–H groups in total. The molecule has 1 fully saturated rings. The van der Waals surface area contributed by atoms with E-state index in [-0.39, 0.29) is 0 Å². The van der Waals surface area contributed by atoms with Gasteiger partial charge in [-0.15, -0.1) is 0 Å². The van der Waals surface area contributed by atoms with Crippen molar-refractivity contribution in [1.82, 2.24) is 0 Å². The Morgan fingerprint density at radius 2 is 2.17 bits per heavy atom. The van der Waals surface area contributed by atoms with E-state index in [9.17, 15) is 0 Å². The van der Waals surface area contributed by atoms with Crippen LogP contribution in [0, 0.1) is 0 Å². The van der Waals surface area contributed by atoms with Crippen molar-refractivity contribution in [2.75, 3.05) is 5.73 Å². The monoisotopic (exact) mass is 227 g/mol. The highest BCUT2D eigenvalue weighted by atomic mass is 79.9. The van der Waals surface area contributed by atoms with E-state index in [0.29, 0.717) is 11.8 Å². The fourth-order valence-electron chi connectivity index (χ4n) is 0.985. The summed E-state index contributed by atoms with van der Waals surface area (Å²) in [6, 6.07) is 5.74. The van der Waals surface area contributed by atoms with Crippen LogP contribution in [0.5, 0.6) is 5.75 Å². The number of halogens is 1. The molecule has 2 nitrogen and oxygen atoms in total. The van der Waals surface area contributed by atoms with Gasteiger partial charge in [-0.1, -0.05) is 6.07 Å². The minimum absolute atomic E-state index is 0.404. The van der Waals surface area contributed by atoms with Crippen molar-refractivity contribution in [2.24, 2.45) is 0 Å². The number of nitrogen functional groups attached to an aromatic ring is 1. The van der Waals surface area contributed by atoms with Crippen molar-refractivity contribution in [1.29, 1.82) is 0 Å². The molecule has 1 aliphatic rings. The largest absolute Gasteiger partial charge is 0.488 e. The molecule has 1 aromatic rings. The molecule has 0 bridgehead atoms. The van der Waals surface area contributed by atoms with E-state index in [1.54, 1.807) is 0 Å². The lowest BCUT2D eigenvalue weighted by atomic mass is 10.3. The van der Waals surface area contributed by atoms with Crippen molar-refractivity contribution in [3.63, 3.8) is 0 Å². The van der Waals surface area contributed by atoms with Gasteiger partial charge in [0.15, 0.2) is 0 Å². The molecule has 64 valence electrons. The Kier molecular flexibility index (Phi) is 1.97. The maximum absolute atomic E-state index is 5.79. The van der Waals surface area contributed by atoms with Crippen molar-refractivity contribution in [2.45, 2.75) is 18.9 Å². The highest BCUT2D eigenvalue weighted by molar-refractivity contribution is 9.10. The average molecular weight is 228 g/mol. The number of benzene rings is 1. The van der Waals surface area contributed by atoms with E-state index in [4.69, 9.17) is 10.5 Å². The van der Waals surface area contributed by atoms with E-state index in [1.807, 2.05) is 18.2 Å². The molecular formula is C9H10BrNO. The van der Waals surface area contributed by atoms with Crippen LogP contribution in [0.4, 0.5) is 5.69 Å². The van der Waals surface area contributed by atoms with E-state index in [2.05, 4.69) is 15.9 Å². The topological polar surface area (TPSA) is 35.2 Å². The molecule has 0 aliphatic heterocycles. The minimum atomic E-state index is 0.404. The van der Waals surface area contributed by atoms with Gasteiger partial charge in [0.2, 0.25) is 0 Å². The van der Waals surface area contributed by atoms with Gasteiger partial charge >= 0.3 is 0 Å². The summed E-state index contributed by atoms with van der Waals surface area (Å²) in [6.45, 7) is 0. The van der Waals surface area contributed by atoms with Crippen LogP contribution in [0.3, 0.4) is 0 Å². The zero-order valence-corrected chi connectivity index (χ0v) is 8.17. The minimum Gasteiger partial charge on any atom is -0.488 e. The summed E-state index contributed by atoms with van der Waals surface area (Å²) in [7, 11) is 0. The van der Waals surface area contributed by atoms with Crippen LogP contribution in [0.1, 0.15) is 12.8 Å². The highest BCUT2D eigenvalue weighted by Crippen LogP contribution is 2.34. The third-order valence-electron chi connectivity index (χ3n) is 1.83. The Morgan fingerprint density at radius 3 is 2.83 bits per heavy atom. The third kappa shape index (κ3) is 1.55. The zero-order chi connectivity index (χ0) is 8.55. The predicted octanol–water partition coefficient (Wildman–Crippen LogP) is 2.57. The summed E-state index contributed by atoms with van der Waals surface area (Å²) < 4.78 is 6.49. The van der Waals surface area contributed by atoms with Crippen LogP contribution in [0.25, 0.3) is 0 Å². The molecule has 0 radical (unpaired) electrons. The van der Waals surface area contributed by atoms with Gasteiger partial charge in [-0.05, 0) is 40.9 Å². The fraction of sp³-hybridized carbons (Fsp3) is 0.333. The first-order valence-electron chi connectivity index (χ1n) is 3.98. The number of hydrogen-bond donors (Lipinski definition) is 1. The van der Waals surface area contributed by atoms with Crippen LogP contribution in [-0.2, 0) is 0 Å². The second-order valence-corrected chi connectivity index (χ2v) is 3.82. The third-order valence-corrected chi connectivity index (χ3v) is 2.52. The van der Waals surface area contributed by atoms with Crippen molar-refractivity contribution < 1.29 is 4.74 Å². The summed E-state index contributed by atoms with van der Waals surface area (Å²) in [4.78, 5) is 0. The number of anilines is 1. The van der Waals surface area contributed by atoms with Crippen LogP contribution in [0.15, 0.2) is 22.7 Å². The maximum atomic E-state index is 5.79. The van der Waals surface area contributed by atoms with Gasteiger partial charge in [-0.25, -0.2) is 0 Å². The van der Waals surface area contributed by atoms with Crippen LogP contribution in [0.2, 0.25) is 0 Å². The van der Waals surface area contributed by atoms with Gasteiger partial charge in [-0.2, -0.15) is 0 Å². The Morgan fingerprint density at radius 1 is 1.42 bits per heavy atom. The smallest absolute Gasteiger partial charge is 0.143 e. The molecule has 12 heavy (non-hydrogen) atoms. The molecule has 0 amide bonds. The number of rotatable bonds is 2. The van der Waals surface area contributed by atoms with Crippen LogP contribution in [-0.4, -0.2) is 6.10 Å². The van der Waals surface area contributed by atoms with E-state index in [1.165, 1.54) is 0 Å². The van der Waals surface area contributed by atoms with Crippen molar-refractivity contribution >= 4 is 21.6 Å². The molecule has 1 aliphatic carbocycles. The van der Waals surface area contributed by atoms with Gasteiger partial charge in [-0.3, -0.25) is 0 Å². The van der Waals surface area contributed by atoms with Gasteiger partial charge in [0.1, 0.15) is 5.75 Å². The lowest BCUT2D eigenvalue weighted by Gasteiger charge is -2.07. The van der Waals surface area contributed by atoms with Crippen molar-refractivity contribution in [3.05, 3.63) is 22.7 Å². The Balaban J connectivity index is 2.23. The molecular weight excluding hydrogens is 218 g/mol. The van der Waals surface area contributed by atoms with E-state index >= 15 is 0 Å². The maximum Gasteiger partial charge on any atom is 0.143 e. The second-order valence-electron chi connectivity index (χ2n) is 2.97. The molecule has 1 aromatic carbocycles. The molecule has 0 heterocycles. The highest BCUT2D eigenvalue weighted by Gasteiger charge is 2.24. The molecule has 0 spiro atoms. The SMILES string of the molecule is Nc1c(Br)cccc1OC1CC1. The average Bonchev–Trinajstić information content (AvgIpc) is 2.83. The van der Waals surface area contributed by atoms with E-state index in [0.717, 1.165) is 23.1 Å². The number of hydrogen-bond acceptors (Lipinski definition) is 2. The Hall–Kier alpha value is -0.700. The predicted molar refractivity (Wildman–Crippen MR) is 52.2 cm³/mol. The van der Waals surface area contributed by atoms with Gasteiger partial charge < -0.3 is 10.5 Å². The number of nitrogens with two attached hydrogens (primary N) is 1. The summed E-state index contributed by atoms with van der Waals surface area (Å²) in [5.74, 6) is 0.798. The van der Waals surface area contributed by atoms with Crippen LogP contribution >= 0.6 is 15.9 Å². The molecule has 0 atom stereocenters. The molecule has 2 rings (SSSR count). The van der Waals surface area contributed by atoms with Gasteiger partial charge in [0.05, 0.1) is 11.8 Å². The number of para-hydroxylation sites is 1. The normalized spacial score (nSPS) is 16.1. The molecule has 1 saturated carbocycles. The lowest BCUT2D eigenvalue weighted by molar-refractivity contribution is 0.305. The van der Waals surface area contributed by atoms with Gasteiger partial charge in [0, 0.05) is 4.47 Å². The molecule has 0 saturated heterocycles. The zero-order valence-electron chi connectivity index (χ0n) is 6.59. The molecule has 0 unspecified atom stereocenters. The fourth-order valence-corrected chi connectivity index (χ4v) is 1.33. The van der Waals surface area contributed by atoms with Crippen molar-refractivity contribution in [3.8, 4) is 5.75 Å². The first kappa shape index (κ1) is 7.92. The second kappa shape index (κ2) is 2.98. The summed E-state index contributed by atoms with van der Waals surface area (Å²) in [5, 5.41) is 0. The number of ether oxygens (including phenoxy) is 1. The van der Waals surface area contributed by atoms with Crippen LogP contribution < -0.4 is 10.5 Å².